The van der Waals surface area contributed by atoms with Gasteiger partial charge in [-0.15, -0.1) is 0 Å². The molecule has 0 spiro atoms. The number of nitrogens with zero attached hydrogens (tertiary/aromatic N) is 2. The van der Waals surface area contributed by atoms with E-state index in [1.54, 1.807) is 4.90 Å². The first-order chi connectivity index (χ1) is 8.51. The third-order valence-electron chi connectivity index (χ3n) is 2.98. The second-order valence-electron chi connectivity index (χ2n) is 4.05. The molecule has 7 heteroatoms. The second-order valence-corrected chi connectivity index (χ2v) is 4.05. The van der Waals surface area contributed by atoms with E-state index in [-0.39, 0.29) is 12.5 Å². The zero-order valence-electron chi connectivity index (χ0n) is 10.7. The van der Waals surface area contributed by atoms with Crippen LogP contribution in [0.5, 0.6) is 0 Å². The molecule has 0 bridgehead atoms. The lowest BCUT2D eigenvalue weighted by atomic mass is 10.1. The minimum Gasteiger partial charge on any atom is -0.481 e. The molecule has 0 radical (unpaired) electrons. The number of urea groups is 1. The van der Waals surface area contributed by atoms with E-state index in [2.05, 4.69) is 5.32 Å². The number of hydrogen-bond donors (Lipinski definition) is 2. The maximum absolute atomic E-state index is 12.2. The number of rotatable bonds is 4. The van der Waals surface area contributed by atoms with Crippen LogP contribution in [0.1, 0.15) is 20.3 Å². The molecule has 1 rings (SSSR count). The van der Waals surface area contributed by atoms with Crippen LogP contribution < -0.4 is 5.32 Å². The highest BCUT2D eigenvalue weighted by atomic mass is 16.4. The van der Waals surface area contributed by atoms with E-state index >= 15 is 0 Å². The Hall–Kier alpha value is -1.79. The van der Waals surface area contributed by atoms with Gasteiger partial charge in [0.05, 0.1) is 6.42 Å². The number of carboxylic acids is 1. The molecule has 18 heavy (non-hydrogen) atoms. The van der Waals surface area contributed by atoms with Crippen molar-refractivity contribution in [1.29, 1.82) is 0 Å². The van der Waals surface area contributed by atoms with Gasteiger partial charge in [-0.05, 0) is 13.8 Å². The first kappa shape index (κ1) is 14.3. The van der Waals surface area contributed by atoms with Crippen LogP contribution >= 0.6 is 0 Å². The maximum Gasteiger partial charge on any atom is 0.320 e. The van der Waals surface area contributed by atoms with Crippen LogP contribution in [0, 0.1) is 0 Å². The minimum atomic E-state index is -1.09. The van der Waals surface area contributed by atoms with Crippen LogP contribution in [-0.4, -0.2) is 65.0 Å². The van der Waals surface area contributed by atoms with Gasteiger partial charge in [-0.3, -0.25) is 9.59 Å². The Labute approximate surface area is 106 Å². The molecule has 3 amide bonds. The Morgan fingerprint density at radius 2 is 2.06 bits per heavy atom. The Balaban J connectivity index is 2.84. The largest absolute Gasteiger partial charge is 0.481 e. The number of carboxylic acid groups (broad SMARTS) is 1. The molecule has 1 aliphatic rings. The van der Waals surface area contributed by atoms with Gasteiger partial charge in [-0.25, -0.2) is 4.79 Å². The highest BCUT2D eigenvalue weighted by molar-refractivity contribution is 5.91. The average molecular weight is 257 g/mol. The summed E-state index contributed by atoms with van der Waals surface area (Å²) in [4.78, 5) is 37.5. The number of aliphatic carboxylic acids is 1. The standard InChI is InChI=1S/C11H19N3O4/c1-3-13(4-2)11(18)14-6-5-12-10(17)8(14)7-9(15)16/h8H,3-7H2,1-2H3,(H,12,17)(H,15,16). The maximum atomic E-state index is 12.2. The van der Waals surface area contributed by atoms with Gasteiger partial charge in [0.15, 0.2) is 0 Å². The summed E-state index contributed by atoms with van der Waals surface area (Å²) in [7, 11) is 0. The van der Waals surface area contributed by atoms with Crippen LogP contribution in [0.2, 0.25) is 0 Å². The molecule has 1 saturated heterocycles. The van der Waals surface area contributed by atoms with Crippen molar-refractivity contribution in [1.82, 2.24) is 15.1 Å². The lowest BCUT2D eigenvalue weighted by Crippen LogP contribution is -2.60. The van der Waals surface area contributed by atoms with Crippen molar-refractivity contribution in [2.45, 2.75) is 26.3 Å². The molecule has 1 unspecified atom stereocenters. The molecule has 0 aromatic heterocycles. The minimum absolute atomic E-state index is 0.277. The Kier molecular flexibility index (Phi) is 4.94. The van der Waals surface area contributed by atoms with E-state index in [9.17, 15) is 14.4 Å². The molecule has 1 fully saturated rings. The molecule has 0 saturated carbocycles. The highest BCUT2D eigenvalue weighted by Crippen LogP contribution is 2.12. The van der Waals surface area contributed by atoms with Gasteiger partial charge < -0.3 is 20.2 Å². The van der Waals surface area contributed by atoms with E-state index < -0.39 is 17.9 Å². The lowest BCUT2D eigenvalue weighted by Gasteiger charge is -2.37. The van der Waals surface area contributed by atoms with Crippen molar-refractivity contribution < 1.29 is 19.5 Å². The smallest absolute Gasteiger partial charge is 0.320 e. The fourth-order valence-corrected chi connectivity index (χ4v) is 1.99. The summed E-state index contributed by atoms with van der Waals surface area (Å²) in [6.45, 7) is 5.47. The van der Waals surface area contributed by atoms with Crippen LogP contribution in [0.15, 0.2) is 0 Å². The molecular weight excluding hydrogens is 238 g/mol. The van der Waals surface area contributed by atoms with Gasteiger partial charge >= 0.3 is 12.0 Å². The van der Waals surface area contributed by atoms with Crippen molar-refractivity contribution in [2.24, 2.45) is 0 Å². The monoisotopic (exact) mass is 257 g/mol. The summed E-state index contributed by atoms with van der Waals surface area (Å²) in [5.74, 6) is -1.49. The zero-order chi connectivity index (χ0) is 13.7. The van der Waals surface area contributed by atoms with Crippen LogP contribution in [0.25, 0.3) is 0 Å². The number of piperazine rings is 1. The van der Waals surface area contributed by atoms with Crippen molar-refractivity contribution >= 4 is 17.9 Å². The molecule has 0 aliphatic carbocycles. The normalized spacial score (nSPS) is 19.3. The van der Waals surface area contributed by atoms with Gasteiger partial charge in [0.2, 0.25) is 5.91 Å². The van der Waals surface area contributed by atoms with E-state index in [4.69, 9.17) is 5.11 Å². The van der Waals surface area contributed by atoms with Crippen molar-refractivity contribution in [3.05, 3.63) is 0 Å². The molecule has 1 atom stereocenters. The Morgan fingerprint density at radius 1 is 1.44 bits per heavy atom. The predicted octanol–water partition coefficient (Wildman–Crippen LogP) is -0.277. The molecular formula is C11H19N3O4. The summed E-state index contributed by atoms with van der Waals surface area (Å²) in [6.07, 6.45) is -0.362. The van der Waals surface area contributed by atoms with Gasteiger partial charge in [0, 0.05) is 26.2 Å². The summed E-state index contributed by atoms with van der Waals surface area (Å²) in [6, 6.07) is -1.19. The topological polar surface area (TPSA) is 90.0 Å². The molecule has 0 aromatic carbocycles. The highest BCUT2D eigenvalue weighted by Gasteiger charge is 2.36. The van der Waals surface area contributed by atoms with Crippen molar-refractivity contribution in [3.8, 4) is 0 Å². The Bertz CT molecular complexity index is 341. The lowest BCUT2D eigenvalue weighted by molar-refractivity contribution is -0.142. The third-order valence-corrected chi connectivity index (χ3v) is 2.98. The molecule has 1 aliphatic heterocycles. The van der Waals surface area contributed by atoms with Crippen LogP contribution in [-0.2, 0) is 9.59 Å². The molecule has 7 nitrogen and oxygen atoms in total. The van der Waals surface area contributed by atoms with Crippen molar-refractivity contribution in [2.75, 3.05) is 26.2 Å². The van der Waals surface area contributed by atoms with Gasteiger partial charge in [0.1, 0.15) is 6.04 Å². The first-order valence-electron chi connectivity index (χ1n) is 6.06. The SMILES string of the molecule is CCN(CC)C(=O)N1CCNC(=O)C1CC(=O)O. The first-order valence-corrected chi connectivity index (χ1v) is 6.06. The summed E-state index contributed by atoms with van der Waals surface area (Å²) < 4.78 is 0. The molecule has 0 aromatic rings. The van der Waals surface area contributed by atoms with E-state index in [1.807, 2.05) is 13.8 Å². The van der Waals surface area contributed by atoms with Gasteiger partial charge in [0.25, 0.3) is 0 Å². The number of carbonyl (C=O) groups excluding carboxylic acids is 2. The average Bonchev–Trinajstić information content (AvgIpc) is 2.32. The van der Waals surface area contributed by atoms with Crippen LogP contribution in [0.4, 0.5) is 4.79 Å². The number of amides is 3. The van der Waals surface area contributed by atoms with E-state index in [0.29, 0.717) is 26.2 Å². The quantitative estimate of drug-likeness (QED) is 0.725. The fraction of sp³-hybridized carbons (Fsp3) is 0.727. The van der Waals surface area contributed by atoms with Crippen LogP contribution in [0.3, 0.4) is 0 Å². The number of hydrogen-bond acceptors (Lipinski definition) is 3. The molecule has 1 heterocycles. The Morgan fingerprint density at radius 3 is 2.56 bits per heavy atom. The van der Waals surface area contributed by atoms with Gasteiger partial charge in [-0.2, -0.15) is 0 Å². The predicted molar refractivity (Wildman–Crippen MR) is 64.1 cm³/mol. The van der Waals surface area contributed by atoms with Gasteiger partial charge in [-0.1, -0.05) is 0 Å². The van der Waals surface area contributed by atoms with E-state index in [0.717, 1.165) is 0 Å². The third kappa shape index (κ3) is 3.12. The summed E-state index contributed by atoms with van der Waals surface area (Å²) in [5.41, 5.74) is 0. The number of nitrogens with one attached hydrogen (secondary N) is 1. The molecule has 102 valence electrons. The van der Waals surface area contributed by atoms with Crippen molar-refractivity contribution in [3.63, 3.8) is 0 Å². The number of carbonyl (C=O) groups is 3. The summed E-state index contributed by atoms with van der Waals surface area (Å²) in [5, 5.41) is 11.4. The summed E-state index contributed by atoms with van der Waals surface area (Å²) >= 11 is 0. The fourth-order valence-electron chi connectivity index (χ4n) is 1.99. The zero-order valence-corrected chi connectivity index (χ0v) is 10.7. The second kappa shape index (κ2) is 6.23. The van der Waals surface area contributed by atoms with E-state index in [1.165, 1.54) is 4.90 Å². The molecule has 2 N–H and O–H groups in total.